The van der Waals surface area contributed by atoms with Crippen molar-refractivity contribution in [1.82, 2.24) is 19.9 Å². The van der Waals surface area contributed by atoms with Crippen LogP contribution >= 0.6 is 11.3 Å². The van der Waals surface area contributed by atoms with Gasteiger partial charge in [0, 0.05) is 35.0 Å². The van der Waals surface area contributed by atoms with E-state index in [9.17, 15) is 18.4 Å². The van der Waals surface area contributed by atoms with Crippen LogP contribution in [-0.2, 0) is 18.0 Å². The molecule has 0 spiro atoms. The highest BCUT2D eigenvalue weighted by molar-refractivity contribution is 7.23. The molecule has 196 valence electrons. The number of benzene rings is 1. The van der Waals surface area contributed by atoms with E-state index < -0.39 is 17.6 Å². The summed E-state index contributed by atoms with van der Waals surface area (Å²) in [5, 5.41) is 10.3. The van der Waals surface area contributed by atoms with Gasteiger partial charge in [-0.3, -0.25) is 9.88 Å². The van der Waals surface area contributed by atoms with Gasteiger partial charge in [0.1, 0.15) is 23.2 Å². The molecule has 0 amide bonds. The zero-order chi connectivity index (χ0) is 26.8. The number of aromatic nitrogens is 3. The van der Waals surface area contributed by atoms with Crippen LogP contribution in [0.5, 0.6) is 6.01 Å². The fourth-order valence-corrected chi connectivity index (χ4v) is 6.07. The van der Waals surface area contributed by atoms with E-state index in [1.165, 1.54) is 11.1 Å². The molecule has 0 saturated carbocycles. The molecule has 3 aromatic heterocycles. The topological polar surface area (TPSA) is 110 Å². The summed E-state index contributed by atoms with van der Waals surface area (Å²) in [5.41, 5.74) is 7.19. The molecule has 1 fully saturated rings. The Morgan fingerprint density at radius 2 is 2.05 bits per heavy atom. The van der Waals surface area contributed by atoms with Gasteiger partial charge in [0.2, 0.25) is 0 Å². The van der Waals surface area contributed by atoms with Crippen LogP contribution in [0.2, 0.25) is 0 Å². The van der Waals surface area contributed by atoms with Gasteiger partial charge in [-0.25, -0.2) is 22.5 Å². The molecule has 4 aromatic rings. The molecule has 2 N–H and O–H groups in total. The molecule has 0 radical (unpaired) electrons. The van der Waals surface area contributed by atoms with Crippen molar-refractivity contribution in [2.24, 2.45) is 0 Å². The summed E-state index contributed by atoms with van der Waals surface area (Å²) in [4.78, 5) is 14.2. The predicted molar refractivity (Wildman–Crippen MR) is 132 cm³/mol. The Kier molecular flexibility index (Phi) is 5.86. The van der Waals surface area contributed by atoms with Crippen molar-refractivity contribution < 1.29 is 27.0 Å². The smallest absolute Gasteiger partial charge is 0.317 e. The Bertz CT molecular complexity index is 1650. The van der Waals surface area contributed by atoms with E-state index in [2.05, 4.69) is 15.0 Å². The zero-order valence-corrected chi connectivity index (χ0v) is 20.8. The van der Waals surface area contributed by atoms with Crippen molar-refractivity contribution in [2.45, 2.75) is 38.0 Å². The molecule has 1 aromatic carbocycles. The number of piperidine rings is 1. The molecule has 0 aliphatic carbocycles. The Balaban J connectivity index is 1.45. The monoisotopic (exact) mass is 544 g/mol. The van der Waals surface area contributed by atoms with E-state index >= 15 is 4.39 Å². The fraction of sp³-hybridized carbons (Fsp3) is 0.360. The van der Waals surface area contributed by atoms with Crippen LogP contribution in [0.15, 0.2) is 12.4 Å². The Morgan fingerprint density at radius 1 is 1.26 bits per heavy atom. The number of likely N-dealkylation sites (tertiary alicyclic amines) is 1. The second-order valence-electron chi connectivity index (χ2n) is 9.44. The number of nitrogens with zero attached hydrogens (tertiary/aromatic N) is 5. The quantitative estimate of drug-likeness (QED) is 0.366. The highest BCUT2D eigenvalue weighted by atomic mass is 32.1. The van der Waals surface area contributed by atoms with Crippen LogP contribution < -0.4 is 10.5 Å². The first-order valence-electron chi connectivity index (χ1n) is 11.7. The number of rotatable bonds is 4. The van der Waals surface area contributed by atoms with Crippen LogP contribution in [0, 0.1) is 23.0 Å². The molecular formula is C25H20F4N6O2S. The SMILES string of the molecule is CN1CC(F)(F)CC[C@H]1COc1ncc2c3c(c(-c4ncc(F)c5sc(N)c(C#N)c45)c(F)c2n1)COC3. The standard InChI is InChI=1S/C25H20F4N6O2S/c1-35-10-25(28,29)3-2-11(35)7-37-24-33-5-13-14-8-36-9-15(14)17(19(27)20(13)34-24)21-18-12(4-30)23(31)38-22(18)16(26)6-32-21/h5-6,11H,2-3,7-10,31H2,1H3/t11-/m0/s1. The summed E-state index contributed by atoms with van der Waals surface area (Å²) in [7, 11) is 1.60. The van der Waals surface area contributed by atoms with Crippen molar-refractivity contribution in [3.63, 3.8) is 0 Å². The average molecular weight is 545 g/mol. The second-order valence-corrected chi connectivity index (χ2v) is 10.5. The van der Waals surface area contributed by atoms with Gasteiger partial charge in [-0.05, 0) is 24.6 Å². The summed E-state index contributed by atoms with van der Waals surface area (Å²) in [6.45, 7) is -0.0669. The largest absolute Gasteiger partial charge is 0.462 e. The summed E-state index contributed by atoms with van der Waals surface area (Å²) in [6, 6.07) is 1.59. The highest BCUT2D eigenvalue weighted by Crippen LogP contribution is 2.45. The second kappa shape index (κ2) is 9.00. The van der Waals surface area contributed by atoms with Gasteiger partial charge in [0.15, 0.2) is 11.6 Å². The van der Waals surface area contributed by atoms with E-state index in [0.29, 0.717) is 16.5 Å². The van der Waals surface area contributed by atoms with Gasteiger partial charge >= 0.3 is 6.01 Å². The molecule has 2 aliphatic rings. The third-order valence-corrected chi connectivity index (χ3v) is 8.10. The van der Waals surface area contributed by atoms with Gasteiger partial charge in [-0.1, -0.05) is 0 Å². The van der Waals surface area contributed by atoms with E-state index in [0.717, 1.165) is 17.5 Å². The number of alkyl halides is 2. The first-order chi connectivity index (χ1) is 18.2. The van der Waals surface area contributed by atoms with E-state index in [1.54, 1.807) is 7.05 Å². The lowest BCUT2D eigenvalue weighted by molar-refractivity contribution is -0.0804. The van der Waals surface area contributed by atoms with Gasteiger partial charge < -0.3 is 15.2 Å². The number of hydrogen-bond donors (Lipinski definition) is 1. The molecule has 38 heavy (non-hydrogen) atoms. The van der Waals surface area contributed by atoms with Crippen molar-refractivity contribution in [1.29, 1.82) is 5.26 Å². The molecular weight excluding hydrogens is 524 g/mol. The maximum Gasteiger partial charge on any atom is 0.317 e. The summed E-state index contributed by atoms with van der Waals surface area (Å²) in [6.07, 6.45) is 2.40. The molecule has 2 aliphatic heterocycles. The normalized spacial score (nSPS) is 19.1. The van der Waals surface area contributed by atoms with Gasteiger partial charge in [0.25, 0.3) is 5.92 Å². The number of likely N-dealkylation sites (N-methyl/N-ethyl adjacent to an activating group) is 1. The minimum atomic E-state index is -2.75. The van der Waals surface area contributed by atoms with Crippen molar-refractivity contribution in [2.75, 3.05) is 25.9 Å². The predicted octanol–water partition coefficient (Wildman–Crippen LogP) is 4.78. The minimum absolute atomic E-state index is 0.0213. The third-order valence-electron chi connectivity index (χ3n) is 7.08. The minimum Gasteiger partial charge on any atom is -0.462 e. The lowest BCUT2D eigenvalue weighted by Gasteiger charge is -2.36. The number of pyridine rings is 1. The number of halogens is 4. The lowest BCUT2D eigenvalue weighted by atomic mass is 9.94. The zero-order valence-electron chi connectivity index (χ0n) is 20.0. The summed E-state index contributed by atoms with van der Waals surface area (Å²) in [5.74, 6) is -4.16. The van der Waals surface area contributed by atoms with Crippen LogP contribution in [0.25, 0.3) is 32.2 Å². The van der Waals surface area contributed by atoms with Crippen molar-refractivity contribution in [3.05, 3.63) is 40.7 Å². The summed E-state index contributed by atoms with van der Waals surface area (Å²) < 4.78 is 69.6. The lowest BCUT2D eigenvalue weighted by Crippen LogP contribution is -2.48. The van der Waals surface area contributed by atoms with Crippen LogP contribution in [-0.4, -0.2) is 52.0 Å². The number of ether oxygens (including phenoxy) is 2. The van der Waals surface area contributed by atoms with Crippen LogP contribution in [0.4, 0.5) is 22.6 Å². The van der Waals surface area contributed by atoms with E-state index in [4.69, 9.17) is 15.2 Å². The van der Waals surface area contributed by atoms with Crippen molar-refractivity contribution in [3.8, 4) is 23.3 Å². The number of hydrogen-bond acceptors (Lipinski definition) is 9. The number of fused-ring (bicyclic) bond motifs is 4. The molecule has 5 heterocycles. The maximum atomic E-state index is 16.3. The number of thiophene rings is 1. The van der Waals surface area contributed by atoms with Crippen molar-refractivity contribution >= 4 is 37.3 Å². The Labute approximate surface area is 217 Å². The van der Waals surface area contributed by atoms with Gasteiger partial charge in [0.05, 0.1) is 41.9 Å². The number of nitriles is 1. The maximum absolute atomic E-state index is 16.3. The fourth-order valence-electron chi connectivity index (χ4n) is 5.15. The molecule has 0 unspecified atom stereocenters. The van der Waals surface area contributed by atoms with Crippen LogP contribution in [0.3, 0.4) is 0 Å². The Morgan fingerprint density at radius 3 is 2.82 bits per heavy atom. The summed E-state index contributed by atoms with van der Waals surface area (Å²) >= 11 is 0.894. The number of nitrogen functional groups attached to an aromatic ring is 1. The molecule has 1 atom stereocenters. The average Bonchev–Trinajstić information content (AvgIpc) is 3.49. The Hall–Kier alpha value is -3.60. The van der Waals surface area contributed by atoms with E-state index in [1.807, 2.05) is 6.07 Å². The molecule has 13 heteroatoms. The van der Waals surface area contributed by atoms with E-state index in [-0.39, 0.29) is 88.7 Å². The van der Waals surface area contributed by atoms with Gasteiger partial charge in [-0.2, -0.15) is 10.2 Å². The number of anilines is 1. The molecule has 6 rings (SSSR count). The van der Waals surface area contributed by atoms with Gasteiger partial charge in [-0.15, -0.1) is 11.3 Å². The molecule has 0 bridgehead atoms. The first-order valence-corrected chi connectivity index (χ1v) is 12.6. The number of nitrogens with two attached hydrogens (primary N) is 1. The third kappa shape index (κ3) is 3.91. The first kappa shape index (κ1) is 24.7. The highest BCUT2D eigenvalue weighted by Gasteiger charge is 2.38. The molecule has 8 nitrogen and oxygen atoms in total. The molecule has 1 saturated heterocycles. The van der Waals surface area contributed by atoms with Crippen LogP contribution in [0.1, 0.15) is 29.5 Å².